The van der Waals surface area contributed by atoms with Crippen LogP contribution in [0.25, 0.3) is 0 Å². The van der Waals surface area contributed by atoms with E-state index < -0.39 is 5.82 Å². The van der Waals surface area contributed by atoms with Gasteiger partial charge in [-0.2, -0.15) is 0 Å². The number of benzene rings is 1. The number of nitrogen functional groups attached to an aromatic ring is 1. The lowest BCUT2D eigenvalue weighted by Gasteiger charge is -2.07. The number of halogens is 1. The first-order valence-electron chi connectivity index (χ1n) is 5.25. The van der Waals surface area contributed by atoms with E-state index in [1.54, 1.807) is 6.07 Å². The van der Waals surface area contributed by atoms with E-state index in [2.05, 4.69) is 5.10 Å². The van der Waals surface area contributed by atoms with Crippen molar-refractivity contribution >= 4 is 5.69 Å². The molecule has 0 bridgehead atoms. The first-order valence-corrected chi connectivity index (χ1v) is 5.25. The van der Waals surface area contributed by atoms with E-state index in [0.717, 1.165) is 0 Å². The van der Waals surface area contributed by atoms with Gasteiger partial charge in [0.2, 0.25) is 5.88 Å². The fourth-order valence-electron chi connectivity index (χ4n) is 1.59. The van der Waals surface area contributed by atoms with E-state index in [1.165, 1.54) is 36.1 Å². The third-order valence-corrected chi connectivity index (χ3v) is 2.36. The molecule has 6 heteroatoms. The number of hydrogen-bond acceptors (Lipinski definition) is 4. The van der Waals surface area contributed by atoms with Gasteiger partial charge in [-0.05, 0) is 23.8 Å². The molecule has 18 heavy (non-hydrogen) atoms. The summed E-state index contributed by atoms with van der Waals surface area (Å²) in [5.74, 6) is -0.125. The highest BCUT2D eigenvalue weighted by atomic mass is 19.1. The Balaban J connectivity index is 2.36. The molecule has 5 nitrogen and oxygen atoms in total. The second-order valence-electron chi connectivity index (χ2n) is 3.76. The summed E-state index contributed by atoms with van der Waals surface area (Å²) in [5.41, 5.74) is 6.11. The number of aromatic nitrogens is 2. The molecule has 0 unspecified atom stereocenters. The lowest BCUT2D eigenvalue weighted by molar-refractivity contribution is 0.379. The van der Waals surface area contributed by atoms with Crippen LogP contribution in [0.4, 0.5) is 10.1 Å². The largest absolute Gasteiger partial charge is 0.480 e. The average molecular weight is 249 g/mol. The van der Waals surface area contributed by atoms with Crippen LogP contribution in [0.2, 0.25) is 0 Å². The summed E-state index contributed by atoms with van der Waals surface area (Å²) >= 11 is 0. The van der Waals surface area contributed by atoms with E-state index >= 15 is 0 Å². The lowest BCUT2D eigenvalue weighted by Crippen LogP contribution is -2.22. The van der Waals surface area contributed by atoms with Crippen molar-refractivity contribution in [2.45, 2.75) is 6.54 Å². The van der Waals surface area contributed by atoms with E-state index in [0.29, 0.717) is 17.1 Å². The topological polar surface area (TPSA) is 70.1 Å². The number of ether oxygens (including phenoxy) is 1. The first kappa shape index (κ1) is 12.1. The predicted molar refractivity (Wildman–Crippen MR) is 65.0 cm³/mol. The van der Waals surface area contributed by atoms with Gasteiger partial charge in [0.15, 0.2) is 0 Å². The van der Waals surface area contributed by atoms with E-state index in [9.17, 15) is 9.18 Å². The maximum absolute atomic E-state index is 13.2. The van der Waals surface area contributed by atoms with Gasteiger partial charge < -0.3 is 10.5 Å². The van der Waals surface area contributed by atoms with Crippen LogP contribution in [0.5, 0.6) is 5.88 Å². The van der Waals surface area contributed by atoms with Crippen LogP contribution < -0.4 is 16.0 Å². The van der Waals surface area contributed by atoms with Gasteiger partial charge in [-0.1, -0.05) is 0 Å². The zero-order valence-corrected chi connectivity index (χ0v) is 9.76. The number of rotatable bonds is 3. The summed E-state index contributed by atoms with van der Waals surface area (Å²) in [6.07, 6.45) is 0. The van der Waals surface area contributed by atoms with Crippen LogP contribution in [0.15, 0.2) is 35.1 Å². The van der Waals surface area contributed by atoms with Crippen LogP contribution in [0.3, 0.4) is 0 Å². The molecule has 0 spiro atoms. The fourth-order valence-corrected chi connectivity index (χ4v) is 1.59. The minimum atomic E-state index is -0.444. The van der Waals surface area contributed by atoms with Gasteiger partial charge in [-0.25, -0.2) is 9.07 Å². The third kappa shape index (κ3) is 2.65. The summed E-state index contributed by atoms with van der Waals surface area (Å²) in [6, 6.07) is 6.93. The third-order valence-electron chi connectivity index (χ3n) is 2.36. The van der Waals surface area contributed by atoms with Crippen molar-refractivity contribution in [3.8, 4) is 5.88 Å². The van der Waals surface area contributed by atoms with Crippen molar-refractivity contribution in [1.29, 1.82) is 0 Å². The van der Waals surface area contributed by atoms with Gasteiger partial charge in [0.25, 0.3) is 5.56 Å². The van der Waals surface area contributed by atoms with E-state index in [-0.39, 0.29) is 12.1 Å². The Kier molecular flexibility index (Phi) is 3.27. The van der Waals surface area contributed by atoms with Gasteiger partial charge in [0.1, 0.15) is 5.82 Å². The molecule has 0 saturated carbocycles. The van der Waals surface area contributed by atoms with Crippen molar-refractivity contribution in [1.82, 2.24) is 9.78 Å². The molecule has 0 radical (unpaired) electrons. The van der Waals surface area contributed by atoms with Crippen LogP contribution in [-0.4, -0.2) is 16.9 Å². The molecule has 0 atom stereocenters. The van der Waals surface area contributed by atoms with Crippen molar-refractivity contribution in [2.75, 3.05) is 12.8 Å². The molecule has 2 rings (SSSR count). The zero-order valence-electron chi connectivity index (χ0n) is 9.76. The number of nitrogens with two attached hydrogens (primary N) is 1. The van der Waals surface area contributed by atoms with E-state index in [1.807, 2.05) is 0 Å². The van der Waals surface area contributed by atoms with Crippen molar-refractivity contribution < 1.29 is 9.13 Å². The van der Waals surface area contributed by atoms with Gasteiger partial charge in [0, 0.05) is 17.8 Å². The van der Waals surface area contributed by atoms with Gasteiger partial charge >= 0.3 is 0 Å². The quantitative estimate of drug-likeness (QED) is 0.824. The van der Waals surface area contributed by atoms with Crippen LogP contribution >= 0.6 is 0 Å². The number of anilines is 1. The van der Waals surface area contributed by atoms with Crippen LogP contribution in [-0.2, 0) is 6.54 Å². The minimum absolute atomic E-state index is 0.137. The maximum Gasteiger partial charge on any atom is 0.267 e. The zero-order chi connectivity index (χ0) is 13.1. The highest BCUT2D eigenvalue weighted by Gasteiger charge is 2.04. The second kappa shape index (κ2) is 4.87. The Morgan fingerprint density at radius 2 is 2.17 bits per heavy atom. The molecule has 0 fully saturated rings. The summed E-state index contributed by atoms with van der Waals surface area (Å²) in [6.45, 7) is 0.137. The predicted octanol–water partition coefficient (Wildman–Crippen LogP) is 1.02. The summed E-state index contributed by atoms with van der Waals surface area (Å²) in [7, 11) is 1.46. The SMILES string of the molecule is COc1ccc(=O)n(Cc2cc(N)cc(F)c2)n1. The highest BCUT2D eigenvalue weighted by molar-refractivity contribution is 5.41. The van der Waals surface area contributed by atoms with Crippen molar-refractivity contribution in [3.63, 3.8) is 0 Å². The monoisotopic (exact) mass is 249 g/mol. The smallest absolute Gasteiger partial charge is 0.267 e. The maximum atomic E-state index is 13.2. The average Bonchev–Trinajstić information content (AvgIpc) is 2.30. The van der Waals surface area contributed by atoms with Crippen molar-refractivity contribution in [3.05, 3.63) is 52.1 Å². The first-order chi connectivity index (χ1) is 8.58. The molecule has 1 heterocycles. The molecule has 94 valence electrons. The van der Waals surface area contributed by atoms with Crippen molar-refractivity contribution in [2.24, 2.45) is 0 Å². The molecular weight excluding hydrogens is 237 g/mol. The summed E-state index contributed by atoms with van der Waals surface area (Å²) < 4.78 is 19.3. The number of nitrogens with zero attached hydrogens (tertiary/aromatic N) is 2. The number of methoxy groups -OCH3 is 1. The Hall–Kier alpha value is -2.37. The molecular formula is C12H12FN3O2. The lowest BCUT2D eigenvalue weighted by atomic mass is 10.2. The Labute approximate surface area is 103 Å². The highest BCUT2D eigenvalue weighted by Crippen LogP contribution is 2.11. The van der Waals surface area contributed by atoms with Gasteiger partial charge in [-0.15, -0.1) is 5.10 Å². The molecule has 1 aromatic heterocycles. The van der Waals surface area contributed by atoms with Gasteiger partial charge in [-0.3, -0.25) is 4.79 Å². The van der Waals surface area contributed by atoms with Crippen LogP contribution in [0.1, 0.15) is 5.56 Å². The molecule has 1 aromatic carbocycles. The standard InChI is InChI=1S/C12H12FN3O2/c1-18-11-2-3-12(17)16(15-11)7-8-4-9(13)6-10(14)5-8/h2-6H,7,14H2,1H3. The summed E-state index contributed by atoms with van der Waals surface area (Å²) in [5, 5.41) is 3.96. The molecule has 2 aromatic rings. The minimum Gasteiger partial charge on any atom is -0.480 e. The Bertz CT molecular complexity index is 605. The molecule has 0 aliphatic carbocycles. The molecule has 0 saturated heterocycles. The fraction of sp³-hybridized carbons (Fsp3) is 0.167. The van der Waals surface area contributed by atoms with E-state index in [4.69, 9.17) is 10.5 Å². The Morgan fingerprint density at radius 3 is 2.83 bits per heavy atom. The molecule has 0 aliphatic rings. The molecule has 0 amide bonds. The van der Waals surface area contributed by atoms with Gasteiger partial charge in [0.05, 0.1) is 13.7 Å². The normalized spacial score (nSPS) is 10.3. The molecule has 2 N–H and O–H groups in total. The second-order valence-corrected chi connectivity index (χ2v) is 3.76. The number of hydrogen-bond donors (Lipinski definition) is 1. The van der Waals surface area contributed by atoms with Crippen LogP contribution in [0, 0.1) is 5.82 Å². The molecule has 0 aliphatic heterocycles. The Morgan fingerprint density at radius 1 is 1.39 bits per heavy atom. The summed E-state index contributed by atoms with van der Waals surface area (Å²) in [4.78, 5) is 11.6.